The SMILES string of the molecule is Cc1cccc(C)c1NC(=O)CN1CCN(C(=O)CNC(C)c2cccs2)CC1. The summed E-state index contributed by atoms with van der Waals surface area (Å²) in [7, 11) is 0. The molecule has 2 amide bonds. The quantitative estimate of drug-likeness (QED) is 0.731. The van der Waals surface area contributed by atoms with Gasteiger partial charge in [-0.3, -0.25) is 14.5 Å². The number of rotatable bonds is 7. The van der Waals surface area contributed by atoms with Gasteiger partial charge in [0.05, 0.1) is 13.1 Å². The summed E-state index contributed by atoms with van der Waals surface area (Å²) in [5.41, 5.74) is 3.04. The topological polar surface area (TPSA) is 64.7 Å². The van der Waals surface area contributed by atoms with Gasteiger partial charge in [0.25, 0.3) is 0 Å². The van der Waals surface area contributed by atoms with Gasteiger partial charge < -0.3 is 15.5 Å². The third-order valence-corrected chi connectivity index (χ3v) is 6.42. The Kier molecular flexibility index (Phi) is 7.41. The molecule has 0 aliphatic carbocycles. The monoisotopic (exact) mass is 414 g/mol. The number of carbonyl (C=O) groups is 2. The van der Waals surface area contributed by atoms with Crippen molar-refractivity contribution < 1.29 is 9.59 Å². The lowest BCUT2D eigenvalue weighted by Gasteiger charge is -2.34. The Morgan fingerprint density at radius 3 is 2.38 bits per heavy atom. The number of aryl methyl sites for hydroxylation is 2. The van der Waals surface area contributed by atoms with Crippen LogP contribution in [0.3, 0.4) is 0 Å². The van der Waals surface area contributed by atoms with E-state index in [1.807, 2.05) is 48.4 Å². The summed E-state index contributed by atoms with van der Waals surface area (Å²) in [6.07, 6.45) is 0. The van der Waals surface area contributed by atoms with Crippen molar-refractivity contribution in [1.82, 2.24) is 15.1 Å². The molecule has 1 aliphatic heterocycles. The molecule has 1 aromatic heterocycles. The summed E-state index contributed by atoms with van der Waals surface area (Å²) in [4.78, 5) is 30.2. The highest BCUT2D eigenvalue weighted by atomic mass is 32.1. The maximum absolute atomic E-state index is 12.5. The molecule has 0 saturated carbocycles. The highest BCUT2D eigenvalue weighted by molar-refractivity contribution is 7.10. The number of carbonyl (C=O) groups excluding carboxylic acids is 2. The van der Waals surface area contributed by atoms with E-state index >= 15 is 0 Å². The van der Waals surface area contributed by atoms with Crippen molar-refractivity contribution in [3.63, 3.8) is 0 Å². The van der Waals surface area contributed by atoms with Gasteiger partial charge >= 0.3 is 0 Å². The number of piperazine rings is 1. The van der Waals surface area contributed by atoms with Crippen LogP contribution < -0.4 is 10.6 Å². The summed E-state index contributed by atoms with van der Waals surface area (Å²) in [6, 6.07) is 10.3. The predicted octanol–water partition coefficient (Wildman–Crippen LogP) is 2.80. The predicted molar refractivity (Wildman–Crippen MR) is 118 cm³/mol. The number of hydrogen-bond donors (Lipinski definition) is 2. The lowest BCUT2D eigenvalue weighted by molar-refractivity contribution is -0.132. The van der Waals surface area contributed by atoms with E-state index in [9.17, 15) is 9.59 Å². The van der Waals surface area contributed by atoms with Crippen LogP contribution in [-0.2, 0) is 9.59 Å². The molecule has 29 heavy (non-hydrogen) atoms. The fourth-order valence-electron chi connectivity index (χ4n) is 3.54. The van der Waals surface area contributed by atoms with E-state index in [4.69, 9.17) is 0 Å². The number of amides is 2. The van der Waals surface area contributed by atoms with E-state index in [0.717, 1.165) is 16.8 Å². The van der Waals surface area contributed by atoms with Crippen LogP contribution >= 0.6 is 11.3 Å². The normalized spacial score (nSPS) is 15.9. The number of nitrogens with one attached hydrogen (secondary N) is 2. The summed E-state index contributed by atoms with van der Waals surface area (Å²) >= 11 is 1.69. The molecule has 1 atom stereocenters. The summed E-state index contributed by atoms with van der Waals surface area (Å²) < 4.78 is 0. The lowest BCUT2D eigenvalue weighted by atomic mass is 10.1. The van der Waals surface area contributed by atoms with Gasteiger partial charge in [-0.25, -0.2) is 0 Å². The third-order valence-electron chi connectivity index (χ3n) is 5.37. The fraction of sp³-hybridized carbons (Fsp3) is 0.455. The molecule has 1 aromatic carbocycles. The zero-order valence-electron chi connectivity index (χ0n) is 17.4. The zero-order chi connectivity index (χ0) is 20.8. The Labute approximate surface area is 176 Å². The number of benzene rings is 1. The smallest absolute Gasteiger partial charge is 0.238 e. The molecule has 7 heteroatoms. The molecule has 1 aliphatic rings. The first-order valence-corrected chi connectivity index (χ1v) is 10.9. The van der Waals surface area contributed by atoms with Crippen molar-refractivity contribution in [1.29, 1.82) is 0 Å². The van der Waals surface area contributed by atoms with E-state index < -0.39 is 0 Å². The summed E-state index contributed by atoms with van der Waals surface area (Å²) in [5.74, 6) is 0.113. The maximum Gasteiger partial charge on any atom is 0.238 e. The zero-order valence-corrected chi connectivity index (χ0v) is 18.2. The number of nitrogens with zero attached hydrogens (tertiary/aromatic N) is 2. The maximum atomic E-state index is 12.5. The second-order valence-corrected chi connectivity index (χ2v) is 8.57. The van der Waals surface area contributed by atoms with Crippen LogP contribution in [0.15, 0.2) is 35.7 Å². The summed E-state index contributed by atoms with van der Waals surface area (Å²) in [5, 5.41) is 8.39. The third kappa shape index (κ3) is 5.88. The van der Waals surface area contributed by atoms with Crippen molar-refractivity contribution in [2.24, 2.45) is 0 Å². The fourth-order valence-corrected chi connectivity index (χ4v) is 4.30. The molecule has 2 N–H and O–H groups in total. The average molecular weight is 415 g/mol. The molecule has 1 saturated heterocycles. The minimum Gasteiger partial charge on any atom is -0.339 e. The molecule has 0 radical (unpaired) electrons. The van der Waals surface area contributed by atoms with Gasteiger partial charge in [0.2, 0.25) is 11.8 Å². The van der Waals surface area contributed by atoms with Gasteiger partial charge in [-0.1, -0.05) is 24.3 Å². The number of para-hydroxylation sites is 1. The van der Waals surface area contributed by atoms with Crippen LogP contribution in [0, 0.1) is 13.8 Å². The Hall–Kier alpha value is -2.22. The van der Waals surface area contributed by atoms with Crippen molar-refractivity contribution in [2.75, 3.05) is 44.6 Å². The second-order valence-electron chi connectivity index (χ2n) is 7.59. The largest absolute Gasteiger partial charge is 0.339 e. The van der Waals surface area contributed by atoms with Gasteiger partial charge in [-0.2, -0.15) is 0 Å². The minimum absolute atomic E-state index is 0.00591. The highest BCUT2D eigenvalue weighted by Gasteiger charge is 2.23. The molecule has 1 fully saturated rings. The van der Waals surface area contributed by atoms with E-state index in [0.29, 0.717) is 39.3 Å². The Bertz CT molecular complexity index is 809. The van der Waals surface area contributed by atoms with E-state index in [-0.39, 0.29) is 17.9 Å². The molecular weight excluding hydrogens is 384 g/mol. The van der Waals surface area contributed by atoms with Crippen LogP contribution in [-0.4, -0.2) is 60.9 Å². The Morgan fingerprint density at radius 2 is 1.76 bits per heavy atom. The number of hydrogen-bond acceptors (Lipinski definition) is 5. The molecule has 2 heterocycles. The average Bonchev–Trinajstić information content (AvgIpc) is 3.24. The van der Waals surface area contributed by atoms with Crippen LogP contribution in [0.5, 0.6) is 0 Å². The molecule has 1 unspecified atom stereocenters. The van der Waals surface area contributed by atoms with E-state index in [2.05, 4.69) is 28.5 Å². The van der Waals surface area contributed by atoms with Gasteiger partial charge in [-0.15, -0.1) is 11.3 Å². The van der Waals surface area contributed by atoms with Crippen molar-refractivity contribution >= 4 is 28.8 Å². The molecule has 3 rings (SSSR count). The summed E-state index contributed by atoms with van der Waals surface area (Å²) in [6.45, 7) is 9.51. The standard InChI is InChI=1S/C22H30N4O2S/c1-16-6-4-7-17(2)22(16)24-20(27)15-25-9-11-26(12-10-25)21(28)14-23-18(3)19-8-5-13-29-19/h4-8,13,18,23H,9-12,14-15H2,1-3H3,(H,24,27). The Balaban J connectivity index is 1.40. The molecular formula is C22H30N4O2S. The van der Waals surface area contributed by atoms with Crippen LogP contribution in [0.4, 0.5) is 5.69 Å². The highest BCUT2D eigenvalue weighted by Crippen LogP contribution is 2.19. The van der Waals surface area contributed by atoms with Gasteiger partial charge in [0.1, 0.15) is 0 Å². The second kappa shape index (κ2) is 10.0. The first-order valence-electron chi connectivity index (χ1n) is 10.1. The van der Waals surface area contributed by atoms with Crippen LogP contribution in [0.1, 0.15) is 29.0 Å². The Morgan fingerprint density at radius 1 is 1.07 bits per heavy atom. The van der Waals surface area contributed by atoms with Crippen LogP contribution in [0.25, 0.3) is 0 Å². The molecule has 0 bridgehead atoms. The van der Waals surface area contributed by atoms with Crippen molar-refractivity contribution in [2.45, 2.75) is 26.8 Å². The van der Waals surface area contributed by atoms with Crippen molar-refractivity contribution in [3.8, 4) is 0 Å². The van der Waals surface area contributed by atoms with E-state index in [1.165, 1.54) is 4.88 Å². The first-order chi connectivity index (χ1) is 13.9. The molecule has 0 spiro atoms. The molecule has 2 aromatic rings. The van der Waals surface area contributed by atoms with Gasteiger partial charge in [0, 0.05) is 42.8 Å². The van der Waals surface area contributed by atoms with Gasteiger partial charge in [-0.05, 0) is 43.3 Å². The first kappa shape index (κ1) is 21.5. The lowest BCUT2D eigenvalue weighted by Crippen LogP contribution is -2.52. The molecule has 6 nitrogen and oxygen atoms in total. The number of thiophene rings is 1. The van der Waals surface area contributed by atoms with E-state index in [1.54, 1.807) is 11.3 Å². The van der Waals surface area contributed by atoms with Crippen LogP contribution in [0.2, 0.25) is 0 Å². The van der Waals surface area contributed by atoms with Crippen molar-refractivity contribution in [3.05, 3.63) is 51.7 Å². The number of anilines is 1. The van der Waals surface area contributed by atoms with Gasteiger partial charge in [0.15, 0.2) is 0 Å². The molecule has 156 valence electrons. The minimum atomic E-state index is -0.00591.